The van der Waals surface area contributed by atoms with E-state index in [-0.39, 0.29) is 23.5 Å². The molecule has 226 valence electrons. The van der Waals surface area contributed by atoms with Gasteiger partial charge in [0.15, 0.2) is 17.4 Å². The standard InChI is InChI=1S/C25H27N8O9P/c1-3-39-24(37)14(2)30-43(38,42-17-10-6-8-15-7-4-5-9-16(15)17)40-11-25(31-32-26)20(35)19(34)23(41-25)33-13-29-18-21(33)27-12-28-22(18)36/h4-10,12-14,19-20,23,34-35H,3,11H2,1-2H3,(H,30,38)(H,27,28,36)/t14-,19+,20-,23+,25?,43?/m0/s1. The van der Waals surface area contributed by atoms with E-state index in [4.69, 9.17) is 18.5 Å². The van der Waals surface area contributed by atoms with E-state index in [1.807, 2.05) is 18.2 Å². The van der Waals surface area contributed by atoms with Gasteiger partial charge in [0.1, 0.15) is 24.0 Å². The van der Waals surface area contributed by atoms with Gasteiger partial charge in [-0.2, -0.15) is 5.09 Å². The van der Waals surface area contributed by atoms with Crippen molar-refractivity contribution in [3.8, 4) is 5.75 Å². The Balaban J connectivity index is 1.48. The van der Waals surface area contributed by atoms with Gasteiger partial charge in [0.25, 0.3) is 5.56 Å². The number of rotatable bonds is 11. The Hall–Kier alpha value is -4.34. The van der Waals surface area contributed by atoms with E-state index in [1.54, 1.807) is 25.1 Å². The number of carbonyl (C=O) groups is 1. The lowest BCUT2D eigenvalue weighted by molar-refractivity contribution is -0.144. The van der Waals surface area contributed by atoms with Crippen LogP contribution < -0.4 is 15.2 Å². The van der Waals surface area contributed by atoms with Gasteiger partial charge < -0.3 is 29.2 Å². The van der Waals surface area contributed by atoms with Crippen LogP contribution in [-0.4, -0.2) is 72.9 Å². The maximum absolute atomic E-state index is 14.2. The lowest BCUT2D eigenvalue weighted by Crippen LogP contribution is -2.45. The summed E-state index contributed by atoms with van der Waals surface area (Å²) in [6.45, 7) is 2.12. The Morgan fingerprint density at radius 2 is 2.07 bits per heavy atom. The molecule has 1 aliphatic rings. The Morgan fingerprint density at radius 3 is 2.84 bits per heavy atom. The van der Waals surface area contributed by atoms with Gasteiger partial charge in [-0.25, -0.2) is 14.5 Å². The second-order valence-corrected chi connectivity index (χ2v) is 11.2. The number of hydrogen-bond donors (Lipinski definition) is 4. The number of benzene rings is 2. The normalized spacial score (nSPS) is 23.9. The maximum Gasteiger partial charge on any atom is 0.459 e. The number of aromatic nitrogens is 4. The Labute approximate surface area is 242 Å². The molecule has 3 heterocycles. The van der Waals surface area contributed by atoms with Gasteiger partial charge in [-0.15, -0.1) is 0 Å². The van der Waals surface area contributed by atoms with Crippen LogP contribution in [-0.2, 0) is 23.4 Å². The second kappa shape index (κ2) is 12.1. The van der Waals surface area contributed by atoms with E-state index in [9.17, 15) is 29.9 Å². The number of carbonyl (C=O) groups excluding carboxylic acids is 1. The molecule has 0 spiro atoms. The number of hydrogen-bond acceptors (Lipinski definition) is 12. The fraction of sp³-hybridized carbons (Fsp3) is 0.360. The van der Waals surface area contributed by atoms with Crippen LogP contribution in [0.2, 0.25) is 0 Å². The minimum atomic E-state index is -4.55. The molecule has 1 fully saturated rings. The van der Waals surface area contributed by atoms with Crippen molar-refractivity contribution in [2.24, 2.45) is 5.11 Å². The van der Waals surface area contributed by atoms with Crippen LogP contribution >= 0.6 is 7.75 Å². The summed E-state index contributed by atoms with van der Waals surface area (Å²) >= 11 is 0. The fourth-order valence-corrected chi connectivity index (χ4v) is 6.11. The average molecular weight is 615 g/mol. The quantitative estimate of drug-likeness (QED) is 0.0626. The van der Waals surface area contributed by atoms with Gasteiger partial charge in [0, 0.05) is 10.3 Å². The molecule has 0 saturated carbocycles. The first-order chi connectivity index (χ1) is 20.6. The summed E-state index contributed by atoms with van der Waals surface area (Å²) in [7, 11) is -4.55. The molecule has 2 aromatic heterocycles. The number of aliphatic hydroxyl groups is 2. The summed E-state index contributed by atoms with van der Waals surface area (Å²) in [4.78, 5) is 37.6. The zero-order valence-corrected chi connectivity index (χ0v) is 23.7. The predicted octanol–water partition coefficient (Wildman–Crippen LogP) is 2.27. The average Bonchev–Trinajstić information content (AvgIpc) is 3.53. The van der Waals surface area contributed by atoms with Crippen LogP contribution in [0.4, 0.5) is 0 Å². The zero-order valence-electron chi connectivity index (χ0n) is 22.8. The third kappa shape index (κ3) is 5.83. The van der Waals surface area contributed by atoms with Crippen molar-refractivity contribution in [3.63, 3.8) is 0 Å². The Kier molecular flexibility index (Phi) is 8.48. The molecule has 4 aromatic rings. The molecule has 17 nitrogen and oxygen atoms in total. The number of aliphatic hydroxyl groups excluding tert-OH is 2. The highest BCUT2D eigenvalue weighted by atomic mass is 31.2. The molecule has 5 rings (SSSR count). The number of nitrogens with zero attached hydrogens (tertiary/aromatic N) is 6. The van der Waals surface area contributed by atoms with E-state index in [0.29, 0.717) is 5.39 Å². The molecule has 0 bridgehead atoms. The first kappa shape index (κ1) is 30.1. The first-order valence-electron chi connectivity index (χ1n) is 13.0. The van der Waals surface area contributed by atoms with Crippen molar-refractivity contribution in [1.82, 2.24) is 24.6 Å². The number of esters is 1. The molecule has 2 unspecified atom stereocenters. The molecule has 0 amide bonds. The molecular weight excluding hydrogens is 587 g/mol. The number of aromatic amines is 1. The molecule has 43 heavy (non-hydrogen) atoms. The molecular formula is C25H27N8O9P. The maximum atomic E-state index is 14.2. The fourth-order valence-electron chi connectivity index (χ4n) is 4.58. The zero-order chi connectivity index (χ0) is 30.8. The summed E-state index contributed by atoms with van der Waals surface area (Å²) in [6, 6.07) is 10.9. The molecule has 1 aliphatic heterocycles. The number of imidazole rings is 1. The van der Waals surface area contributed by atoms with E-state index < -0.39 is 56.1 Å². The van der Waals surface area contributed by atoms with Crippen molar-refractivity contribution in [2.45, 2.75) is 44.1 Å². The van der Waals surface area contributed by atoms with E-state index >= 15 is 0 Å². The largest absolute Gasteiger partial charge is 0.465 e. The highest BCUT2D eigenvalue weighted by Crippen LogP contribution is 2.49. The Bertz CT molecular complexity index is 1800. The van der Waals surface area contributed by atoms with Gasteiger partial charge in [-0.3, -0.25) is 18.7 Å². The van der Waals surface area contributed by atoms with Gasteiger partial charge >= 0.3 is 13.7 Å². The van der Waals surface area contributed by atoms with E-state index in [0.717, 1.165) is 18.0 Å². The summed E-state index contributed by atoms with van der Waals surface area (Å²) in [5.74, 6) is -0.616. The van der Waals surface area contributed by atoms with E-state index in [1.165, 1.54) is 17.6 Å². The lowest BCUT2D eigenvalue weighted by atomic mass is 10.1. The van der Waals surface area contributed by atoms with Crippen LogP contribution in [0.1, 0.15) is 20.1 Å². The minimum Gasteiger partial charge on any atom is -0.465 e. The summed E-state index contributed by atoms with van der Waals surface area (Å²) in [6.07, 6.45) is -2.88. The summed E-state index contributed by atoms with van der Waals surface area (Å²) < 4.78 is 37.7. The molecule has 0 radical (unpaired) electrons. The molecule has 2 aromatic carbocycles. The number of ether oxygens (including phenoxy) is 2. The molecule has 18 heteroatoms. The highest BCUT2D eigenvalue weighted by Gasteiger charge is 2.56. The van der Waals surface area contributed by atoms with E-state index in [2.05, 4.69) is 30.1 Å². The van der Waals surface area contributed by atoms with Gasteiger partial charge in [0.2, 0.25) is 5.72 Å². The lowest BCUT2D eigenvalue weighted by Gasteiger charge is -2.29. The monoisotopic (exact) mass is 614 g/mol. The molecule has 1 saturated heterocycles. The van der Waals surface area contributed by atoms with Gasteiger partial charge in [-0.05, 0) is 30.8 Å². The third-order valence-electron chi connectivity index (χ3n) is 6.66. The van der Waals surface area contributed by atoms with Crippen molar-refractivity contribution < 1.29 is 38.1 Å². The smallest absolute Gasteiger partial charge is 0.459 e. The van der Waals surface area contributed by atoms with Crippen molar-refractivity contribution >= 4 is 35.7 Å². The number of H-pyrrole nitrogens is 1. The minimum absolute atomic E-state index is 0.00699. The topological polar surface area (TPSA) is 236 Å². The van der Waals surface area contributed by atoms with Crippen LogP contribution in [0.5, 0.6) is 5.75 Å². The summed E-state index contributed by atoms with van der Waals surface area (Å²) in [5, 5.41) is 29.4. The highest BCUT2D eigenvalue weighted by molar-refractivity contribution is 7.52. The molecule has 0 aliphatic carbocycles. The van der Waals surface area contributed by atoms with Crippen molar-refractivity contribution in [3.05, 3.63) is 75.9 Å². The first-order valence-corrected chi connectivity index (χ1v) is 14.5. The van der Waals surface area contributed by atoms with Crippen molar-refractivity contribution in [2.75, 3.05) is 13.2 Å². The molecule has 4 N–H and O–H groups in total. The number of nitrogens with one attached hydrogen (secondary N) is 2. The third-order valence-corrected chi connectivity index (χ3v) is 8.27. The predicted molar refractivity (Wildman–Crippen MR) is 150 cm³/mol. The van der Waals surface area contributed by atoms with Crippen molar-refractivity contribution in [1.29, 1.82) is 0 Å². The number of azide groups is 1. The summed E-state index contributed by atoms with van der Waals surface area (Å²) in [5.41, 5.74) is 6.37. The van der Waals surface area contributed by atoms with Gasteiger partial charge in [-0.1, -0.05) is 41.5 Å². The number of fused-ring (bicyclic) bond motifs is 2. The van der Waals surface area contributed by atoms with Crippen LogP contribution in [0.3, 0.4) is 0 Å². The van der Waals surface area contributed by atoms with Gasteiger partial charge in [0.05, 0.1) is 25.9 Å². The SMILES string of the molecule is CCOC(=O)[C@H](C)NP(=O)(OCC1(N=[N+]=[N-])O[C@@H](n2cnc3c(=O)[nH]cnc32)[C@H](O)[C@@H]1O)Oc1cccc2ccccc12. The van der Waals surface area contributed by atoms with Crippen LogP contribution in [0.25, 0.3) is 32.4 Å². The second-order valence-electron chi connectivity index (χ2n) is 9.48. The molecule has 6 atom stereocenters. The van der Waals surface area contributed by atoms with Crippen LogP contribution in [0, 0.1) is 0 Å². The Morgan fingerprint density at radius 1 is 1.30 bits per heavy atom. The van der Waals surface area contributed by atoms with Crippen LogP contribution in [0.15, 0.2) is 65.0 Å².